The van der Waals surface area contributed by atoms with Crippen molar-refractivity contribution in [3.05, 3.63) is 58.4 Å². The zero-order valence-corrected chi connectivity index (χ0v) is 14.0. The number of hydrogen-bond acceptors (Lipinski definition) is 3. The third-order valence-corrected chi connectivity index (χ3v) is 5.37. The normalized spacial score (nSPS) is 15.2. The Morgan fingerprint density at radius 3 is 2.88 bits per heavy atom. The molecule has 1 saturated carbocycles. The van der Waals surface area contributed by atoms with E-state index in [0.717, 1.165) is 31.2 Å². The van der Waals surface area contributed by atoms with Gasteiger partial charge in [0, 0.05) is 18.8 Å². The van der Waals surface area contributed by atoms with E-state index < -0.39 is 5.95 Å². The van der Waals surface area contributed by atoms with E-state index in [9.17, 15) is 9.18 Å². The van der Waals surface area contributed by atoms with Crippen LogP contribution in [0.25, 0.3) is 5.65 Å². The summed E-state index contributed by atoms with van der Waals surface area (Å²) in [5.41, 5.74) is 1.47. The number of halogens is 1. The summed E-state index contributed by atoms with van der Waals surface area (Å²) in [5, 5.41) is 4.04. The van der Waals surface area contributed by atoms with Crippen LogP contribution in [0.1, 0.15) is 41.7 Å². The van der Waals surface area contributed by atoms with Crippen molar-refractivity contribution in [3.63, 3.8) is 0 Å². The van der Waals surface area contributed by atoms with Crippen molar-refractivity contribution >= 4 is 22.9 Å². The number of imidazole rings is 1. The summed E-state index contributed by atoms with van der Waals surface area (Å²) >= 11 is 1.61. The van der Waals surface area contributed by atoms with Crippen LogP contribution in [0.5, 0.6) is 0 Å². The largest absolute Gasteiger partial charge is 0.330 e. The predicted octanol–water partition coefficient (Wildman–Crippen LogP) is 4.12. The van der Waals surface area contributed by atoms with E-state index in [-0.39, 0.29) is 17.6 Å². The van der Waals surface area contributed by atoms with Gasteiger partial charge in [0.2, 0.25) is 5.95 Å². The van der Waals surface area contributed by atoms with Crippen molar-refractivity contribution < 1.29 is 9.18 Å². The Hall–Kier alpha value is -2.21. The molecule has 0 aliphatic heterocycles. The lowest BCUT2D eigenvalue weighted by molar-refractivity contribution is 0.0654. The van der Waals surface area contributed by atoms with Gasteiger partial charge in [-0.3, -0.25) is 9.20 Å². The van der Waals surface area contributed by atoms with Crippen molar-refractivity contribution in [1.82, 2.24) is 14.3 Å². The van der Waals surface area contributed by atoms with E-state index in [1.807, 2.05) is 16.8 Å². The van der Waals surface area contributed by atoms with Crippen LogP contribution in [-0.2, 0) is 6.54 Å². The van der Waals surface area contributed by atoms with E-state index in [0.29, 0.717) is 12.2 Å². The lowest BCUT2D eigenvalue weighted by Crippen LogP contribution is -2.38. The first-order valence-electron chi connectivity index (χ1n) is 8.18. The second-order valence-electron chi connectivity index (χ2n) is 6.18. The molecule has 0 atom stereocenters. The van der Waals surface area contributed by atoms with Gasteiger partial charge in [-0.2, -0.15) is 15.7 Å². The van der Waals surface area contributed by atoms with Crippen LogP contribution in [-0.4, -0.2) is 26.2 Å². The number of fused-ring (bicyclic) bond motifs is 1. The molecule has 1 aliphatic carbocycles. The molecule has 0 bridgehead atoms. The Kier molecular flexibility index (Phi) is 4.06. The first-order valence-corrected chi connectivity index (χ1v) is 9.13. The quantitative estimate of drug-likeness (QED) is 0.715. The van der Waals surface area contributed by atoms with Crippen LogP contribution in [0.4, 0.5) is 4.39 Å². The molecule has 0 spiro atoms. The highest BCUT2D eigenvalue weighted by Gasteiger charge is 2.31. The molecular weight excluding hydrogens is 325 g/mol. The molecular formula is C18H18FN3OS. The predicted molar refractivity (Wildman–Crippen MR) is 91.6 cm³/mol. The molecule has 0 saturated heterocycles. The van der Waals surface area contributed by atoms with Crippen LogP contribution in [0.3, 0.4) is 0 Å². The summed E-state index contributed by atoms with van der Waals surface area (Å²) in [6, 6.07) is 7.41. The molecule has 4 rings (SSSR count). The maximum absolute atomic E-state index is 14.7. The maximum atomic E-state index is 14.7. The smallest absolute Gasteiger partial charge is 0.277 e. The third-order valence-electron chi connectivity index (χ3n) is 4.63. The van der Waals surface area contributed by atoms with E-state index in [2.05, 4.69) is 4.98 Å². The van der Waals surface area contributed by atoms with E-state index in [1.54, 1.807) is 40.6 Å². The van der Waals surface area contributed by atoms with Gasteiger partial charge in [0.1, 0.15) is 5.65 Å². The first-order chi connectivity index (χ1) is 11.7. The Balaban J connectivity index is 1.70. The summed E-state index contributed by atoms with van der Waals surface area (Å²) in [5.74, 6) is -0.891. The monoisotopic (exact) mass is 343 g/mol. The first kappa shape index (κ1) is 15.3. The summed E-state index contributed by atoms with van der Waals surface area (Å²) < 4.78 is 16.0. The fourth-order valence-corrected chi connectivity index (χ4v) is 4.06. The number of rotatable bonds is 4. The van der Waals surface area contributed by atoms with Crippen molar-refractivity contribution in [2.45, 2.75) is 38.3 Å². The topological polar surface area (TPSA) is 37.6 Å². The number of aromatic nitrogens is 2. The fraction of sp³-hybridized carbons (Fsp3) is 0.333. The minimum Gasteiger partial charge on any atom is -0.330 e. The molecule has 1 amide bonds. The molecule has 0 unspecified atom stereocenters. The molecule has 0 N–H and O–H groups in total. The van der Waals surface area contributed by atoms with Crippen LogP contribution < -0.4 is 0 Å². The van der Waals surface area contributed by atoms with Gasteiger partial charge in [0.15, 0.2) is 5.69 Å². The highest BCUT2D eigenvalue weighted by atomic mass is 32.1. The minimum atomic E-state index is -0.580. The Morgan fingerprint density at radius 2 is 2.17 bits per heavy atom. The molecule has 3 heterocycles. The third kappa shape index (κ3) is 2.71. The second kappa shape index (κ2) is 6.36. The lowest BCUT2D eigenvalue weighted by Gasteiger charge is -2.28. The summed E-state index contributed by atoms with van der Waals surface area (Å²) in [7, 11) is 0. The second-order valence-corrected chi connectivity index (χ2v) is 6.96. The standard InChI is InChI=1S/C18H18FN3OS/c19-17-16(20-15-7-3-4-9-21(15)17)18(23)22(14-5-1-2-6-14)11-13-8-10-24-12-13/h3-4,7-10,12,14H,1-2,5-6,11H2. The maximum Gasteiger partial charge on any atom is 0.277 e. The van der Waals surface area contributed by atoms with Gasteiger partial charge in [0.25, 0.3) is 5.91 Å². The highest BCUT2D eigenvalue weighted by molar-refractivity contribution is 7.07. The highest BCUT2D eigenvalue weighted by Crippen LogP contribution is 2.27. The van der Waals surface area contributed by atoms with Crippen LogP contribution in [0.15, 0.2) is 41.2 Å². The van der Waals surface area contributed by atoms with E-state index in [4.69, 9.17) is 0 Å². The van der Waals surface area contributed by atoms with Gasteiger partial charge in [-0.25, -0.2) is 4.98 Å². The van der Waals surface area contributed by atoms with Crippen molar-refractivity contribution in [3.8, 4) is 0 Å². The fourth-order valence-electron chi connectivity index (χ4n) is 3.40. The van der Waals surface area contributed by atoms with Gasteiger partial charge in [-0.15, -0.1) is 0 Å². The number of nitrogens with zero attached hydrogens (tertiary/aromatic N) is 3. The number of pyridine rings is 1. The number of thiophene rings is 1. The zero-order chi connectivity index (χ0) is 16.5. The summed E-state index contributed by atoms with van der Waals surface area (Å²) in [4.78, 5) is 19.1. The summed E-state index contributed by atoms with van der Waals surface area (Å²) in [6.45, 7) is 0.514. The molecule has 1 aliphatic rings. The van der Waals surface area contributed by atoms with Crippen LogP contribution in [0, 0.1) is 5.95 Å². The number of carbonyl (C=O) groups is 1. The Morgan fingerprint density at radius 1 is 1.33 bits per heavy atom. The SMILES string of the molecule is O=C(c1nc2ccccn2c1F)N(Cc1ccsc1)C1CCCC1. The molecule has 3 aromatic rings. The number of hydrogen-bond donors (Lipinski definition) is 0. The summed E-state index contributed by atoms with van der Waals surface area (Å²) in [6.07, 6.45) is 5.78. The zero-order valence-electron chi connectivity index (χ0n) is 13.2. The molecule has 3 aromatic heterocycles. The molecule has 0 radical (unpaired) electrons. The minimum absolute atomic E-state index is 0.0803. The van der Waals surface area contributed by atoms with Crippen molar-refractivity contribution in [2.24, 2.45) is 0 Å². The molecule has 4 nitrogen and oxygen atoms in total. The molecule has 24 heavy (non-hydrogen) atoms. The number of carbonyl (C=O) groups excluding carboxylic acids is 1. The molecule has 124 valence electrons. The van der Waals surface area contributed by atoms with Crippen molar-refractivity contribution in [1.29, 1.82) is 0 Å². The van der Waals surface area contributed by atoms with E-state index >= 15 is 0 Å². The van der Waals surface area contributed by atoms with Gasteiger partial charge in [-0.1, -0.05) is 18.9 Å². The molecule has 6 heteroatoms. The van der Waals surface area contributed by atoms with Gasteiger partial charge >= 0.3 is 0 Å². The Bertz CT molecular complexity index is 852. The Labute approximate surface area is 143 Å². The average molecular weight is 343 g/mol. The van der Waals surface area contributed by atoms with Gasteiger partial charge in [-0.05, 0) is 47.4 Å². The lowest BCUT2D eigenvalue weighted by atomic mass is 10.1. The average Bonchev–Trinajstić information content (AvgIpc) is 3.34. The van der Waals surface area contributed by atoms with E-state index in [1.165, 1.54) is 4.40 Å². The van der Waals surface area contributed by atoms with Crippen LogP contribution in [0.2, 0.25) is 0 Å². The molecule has 0 aromatic carbocycles. The van der Waals surface area contributed by atoms with Crippen molar-refractivity contribution in [2.75, 3.05) is 0 Å². The number of amides is 1. The van der Waals surface area contributed by atoms with Gasteiger partial charge in [0.05, 0.1) is 0 Å². The van der Waals surface area contributed by atoms with Crippen LogP contribution >= 0.6 is 11.3 Å². The molecule has 1 fully saturated rings. The van der Waals surface area contributed by atoms with Gasteiger partial charge < -0.3 is 4.90 Å².